The quantitative estimate of drug-likeness (QED) is 0.205. The lowest BCUT2D eigenvalue weighted by molar-refractivity contribution is 1.19. The van der Waals surface area contributed by atoms with Crippen LogP contribution in [0.2, 0.25) is 0 Å². The zero-order chi connectivity index (χ0) is 28.2. The number of thiophene rings is 1. The molecule has 0 amide bonds. The Balaban J connectivity index is 1.37. The summed E-state index contributed by atoms with van der Waals surface area (Å²) < 4.78 is 4.72. The number of hydrogen-bond acceptors (Lipinski definition) is 3. The van der Waals surface area contributed by atoms with Gasteiger partial charge in [0, 0.05) is 48.3 Å². The van der Waals surface area contributed by atoms with Crippen molar-refractivity contribution in [3.05, 3.63) is 139 Å². The standard InChI is InChI=1S/C37H20N4S/c1-39-31-18-24(28-17-25(22-40-32(28)21-38)23-9-3-2-4-10-23)15-16-34(31)41-33-13-7-5-11-26(33)29-20-37-30(19-35(29)41)27-12-6-8-14-36(27)42-37/h2-20,22H. The number of rotatable bonds is 3. The van der Waals surface area contributed by atoms with Gasteiger partial charge in [-0.05, 0) is 53.6 Å². The molecule has 194 valence electrons. The van der Waals surface area contributed by atoms with E-state index in [4.69, 9.17) is 6.57 Å². The lowest BCUT2D eigenvalue weighted by Crippen LogP contribution is -1.96. The van der Waals surface area contributed by atoms with Crippen LogP contribution in [0.3, 0.4) is 0 Å². The van der Waals surface area contributed by atoms with E-state index in [1.807, 2.05) is 72.0 Å². The molecule has 0 saturated carbocycles. The molecule has 0 aliphatic carbocycles. The maximum absolute atomic E-state index is 9.88. The maximum atomic E-state index is 9.88. The Labute approximate surface area is 245 Å². The number of para-hydroxylation sites is 1. The van der Waals surface area contributed by atoms with Crippen molar-refractivity contribution < 1.29 is 0 Å². The minimum absolute atomic E-state index is 0.335. The summed E-state index contributed by atoms with van der Waals surface area (Å²) >= 11 is 1.81. The van der Waals surface area contributed by atoms with Gasteiger partial charge in [-0.1, -0.05) is 72.8 Å². The van der Waals surface area contributed by atoms with Crippen molar-refractivity contribution >= 4 is 59.0 Å². The van der Waals surface area contributed by atoms with Crippen LogP contribution in [-0.4, -0.2) is 9.55 Å². The van der Waals surface area contributed by atoms with Crippen molar-refractivity contribution in [1.82, 2.24) is 9.55 Å². The Hall–Kier alpha value is -5.75. The van der Waals surface area contributed by atoms with Gasteiger partial charge in [-0.15, -0.1) is 11.3 Å². The topological polar surface area (TPSA) is 46.0 Å². The Morgan fingerprint density at radius 3 is 2.29 bits per heavy atom. The highest BCUT2D eigenvalue weighted by molar-refractivity contribution is 7.25. The Kier molecular flexibility index (Phi) is 5.40. The first-order valence-electron chi connectivity index (χ1n) is 13.6. The highest BCUT2D eigenvalue weighted by Crippen LogP contribution is 2.42. The molecule has 8 aromatic rings. The fraction of sp³-hybridized carbons (Fsp3) is 0. The van der Waals surface area contributed by atoms with Crippen LogP contribution in [0.4, 0.5) is 5.69 Å². The van der Waals surface area contributed by atoms with Crippen molar-refractivity contribution in [3.63, 3.8) is 0 Å². The Bertz CT molecular complexity index is 2440. The van der Waals surface area contributed by atoms with E-state index in [1.54, 1.807) is 6.20 Å². The van der Waals surface area contributed by atoms with E-state index in [0.29, 0.717) is 16.9 Å². The summed E-state index contributed by atoms with van der Waals surface area (Å²) in [5, 5.41) is 14.7. The SMILES string of the molecule is [C-]#[N+]c1cc(-c2cc(-c3ccccc3)cnc2C#N)ccc1-n1c2ccccc2c2cc3sc4ccccc4c3cc21. The molecule has 0 atom stereocenters. The lowest BCUT2D eigenvalue weighted by Gasteiger charge is -2.13. The number of fused-ring (bicyclic) bond motifs is 6. The Morgan fingerprint density at radius 2 is 1.45 bits per heavy atom. The minimum atomic E-state index is 0.335. The number of aromatic nitrogens is 2. The molecule has 0 unspecified atom stereocenters. The molecular weight excluding hydrogens is 533 g/mol. The number of nitrogens with zero attached hydrogens (tertiary/aromatic N) is 4. The fourth-order valence-electron chi connectivity index (χ4n) is 5.98. The fourth-order valence-corrected chi connectivity index (χ4v) is 7.11. The van der Waals surface area contributed by atoms with Crippen molar-refractivity contribution in [1.29, 1.82) is 5.26 Å². The average Bonchev–Trinajstić information content (AvgIpc) is 3.58. The molecule has 0 bridgehead atoms. The van der Waals surface area contributed by atoms with Gasteiger partial charge < -0.3 is 4.57 Å². The predicted octanol–water partition coefficient (Wildman–Crippen LogP) is 10.3. The molecule has 0 N–H and O–H groups in total. The number of hydrogen-bond donors (Lipinski definition) is 0. The van der Waals surface area contributed by atoms with Gasteiger partial charge in [0.2, 0.25) is 5.69 Å². The van der Waals surface area contributed by atoms with E-state index < -0.39 is 0 Å². The second-order valence-electron chi connectivity index (χ2n) is 10.2. The smallest absolute Gasteiger partial charge is 0.211 e. The van der Waals surface area contributed by atoms with Gasteiger partial charge in [-0.2, -0.15) is 5.26 Å². The molecule has 0 radical (unpaired) electrons. The second-order valence-corrected chi connectivity index (χ2v) is 11.3. The van der Waals surface area contributed by atoms with Crippen molar-refractivity contribution in [2.75, 3.05) is 0 Å². The summed E-state index contributed by atoms with van der Waals surface area (Å²) in [6.07, 6.45) is 1.73. The molecule has 4 nitrogen and oxygen atoms in total. The van der Waals surface area contributed by atoms with E-state index in [2.05, 4.69) is 75.1 Å². The van der Waals surface area contributed by atoms with E-state index in [-0.39, 0.29) is 0 Å². The molecule has 8 rings (SSSR count). The highest BCUT2D eigenvalue weighted by Gasteiger charge is 2.18. The maximum Gasteiger partial charge on any atom is 0.211 e. The van der Waals surface area contributed by atoms with Gasteiger partial charge in [0.1, 0.15) is 11.8 Å². The van der Waals surface area contributed by atoms with E-state index in [0.717, 1.165) is 44.2 Å². The van der Waals surface area contributed by atoms with Crippen LogP contribution < -0.4 is 0 Å². The summed E-state index contributed by atoms with van der Waals surface area (Å²) in [6.45, 7) is 8.18. The van der Waals surface area contributed by atoms with Gasteiger partial charge in [0.25, 0.3) is 0 Å². The first-order chi connectivity index (χ1) is 20.7. The van der Waals surface area contributed by atoms with E-state index in [9.17, 15) is 5.26 Å². The number of nitriles is 1. The third-order valence-corrected chi connectivity index (χ3v) is 9.05. The first kappa shape index (κ1) is 24.1. The van der Waals surface area contributed by atoms with Gasteiger partial charge in [-0.3, -0.25) is 0 Å². The highest BCUT2D eigenvalue weighted by atomic mass is 32.1. The van der Waals surface area contributed by atoms with Crippen LogP contribution in [0.5, 0.6) is 0 Å². The number of pyridine rings is 1. The summed E-state index contributed by atoms with van der Waals surface area (Å²) in [5.41, 5.74) is 7.23. The van der Waals surface area contributed by atoms with Crippen LogP contribution in [0, 0.1) is 17.9 Å². The molecule has 0 aliphatic rings. The van der Waals surface area contributed by atoms with Crippen LogP contribution >= 0.6 is 11.3 Å². The van der Waals surface area contributed by atoms with Gasteiger partial charge >= 0.3 is 0 Å². The summed E-state index contributed by atoms with van der Waals surface area (Å²) in [5.74, 6) is 0. The van der Waals surface area contributed by atoms with Crippen LogP contribution in [0.1, 0.15) is 5.69 Å². The summed E-state index contributed by atoms with van der Waals surface area (Å²) in [6, 6.07) is 41.5. The average molecular weight is 553 g/mol. The van der Waals surface area contributed by atoms with Crippen molar-refractivity contribution in [2.45, 2.75) is 0 Å². The van der Waals surface area contributed by atoms with Crippen molar-refractivity contribution in [3.8, 4) is 34.0 Å². The molecule has 3 heterocycles. The van der Waals surface area contributed by atoms with E-state index >= 15 is 0 Å². The summed E-state index contributed by atoms with van der Waals surface area (Å²) in [4.78, 5) is 8.46. The van der Waals surface area contributed by atoms with Crippen LogP contribution in [0.25, 0.3) is 74.8 Å². The van der Waals surface area contributed by atoms with Crippen molar-refractivity contribution in [2.24, 2.45) is 0 Å². The monoisotopic (exact) mass is 552 g/mol. The normalized spacial score (nSPS) is 11.3. The largest absolute Gasteiger partial charge is 0.319 e. The zero-order valence-electron chi connectivity index (χ0n) is 22.2. The molecule has 5 aromatic carbocycles. The lowest BCUT2D eigenvalue weighted by atomic mass is 9.98. The molecule has 0 saturated heterocycles. The van der Waals surface area contributed by atoms with E-state index in [1.165, 1.54) is 20.2 Å². The molecular formula is C37H20N4S. The third-order valence-electron chi connectivity index (χ3n) is 7.92. The van der Waals surface area contributed by atoms with Gasteiger partial charge in [-0.25, -0.2) is 9.83 Å². The van der Waals surface area contributed by atoms with Gasteiger partial charge in [0.05, 0.1) is 23.3 Å². The van der Waals surface area contributed by atoms with Gasteiger partial charge in [0.15, 0.2) is 0 Å². The number of benzene rings is 5. The third kappa shape index (κ3) is 3.62. The predicted molar refractivity (Wildman–Crippen MR) is 173 cm³/mol. The minimum Gasteiger partial charge on any atom is -0.319 e. The molecule has 0 spiro atoms. The zero-order valence-corrected chi connectivity index (χ0v) is 23.1. The molecule has 42 heavy (non-hydrogen) atoms. The van der Waals surface area contributed by atoms with Crippen LogP contribution in [0.15, 0.2) is 121 Å². The summed E-state index contributed by atoms with van der Waals surface area (Å²) in [7, 11) is 0. The van der Waals surface area contributed by atoms with Crippen LogP contribution in [-0.2, 0) is 0 Å². The molecule has 5 heteroatoms. The second kappa shape index (κ2) is 9.42. The molecule has 0 aliphatic heterocycles. The first-order valence-corrected chi connectivity index (χ1v) is 14.4. The molecule has 0 fully saturated rings. The Morgan fingerprint density at radius 1 is 0.667 bits per heavy atom. The molecule has 3 aromatic heterocycles.